The number of H-pyrrole nitrogens is 1. The Hall–Kier alpha value is -1.55. The maximum atomic E-state index is 11.2. The van der Waals surface area contributed by atoms with E-state index in [2.05, 4.69) is 10.1 Å². The first-order valence-corrected chi connectivity index (χ1v) is 4.45. The fourth-order valence-corrected chi connectivity index (χ4v) is 1.32. The molecule has 1 heterocycles. The number of aromatic nitrogens is 3. The van der Waals surface area contributed by atoms with Crippen molar-refractivity contribution >= 4 is 11.6 Å². The molecule has 4 nitrogen and oxygen atoms in total. The second kappa shape index (κ2) is 3.31. The third-order valence-corrected chi connectivity index (χ3v) is 2.36. The molecule has 5 heteroatoms. The first-order valence-electron chi connectivity index (χ1n) is 4.08. The van der Waals surface area contributed by atoms with Gasteiger partial charge in [0.2, 0.25) is 0 Å². The van der Waals surface area contributed by atoms with Gasteiger partial charge in [-0.3, -0.25) is 4.98 Å². The van der Waals surface area contributed by atoms with Crippen molar-refractivity contribution in [1.82, 2.24) is 14.8 Å². The van der Waals surface area contributed by atoms with Crippen LogP contribution in [-0.2, 0) is 0 Å². The van der Waals surface area contributed by atoms with E-state index >= 15 is 0 Å². The number of aromatic amines is 1. The smallest absolute Gasteiger partial charge is 0.295 e. The van der Waals surface area contributed by atoms with Crippen molar-refractivity contribution in [3.05, 3.63) is 45.6 Å². The number of hydrogen-bond acceptors (Lipinski definition) is 2. The van der Waals surface area contributed by atoms with Gasteiger partial charge < -0.3 is 0 Å². The van der Waals surface area contributed by atoms with Gasteiger partial charge in [0.15, 0.2) is 0 Å². The van der Waals surface area contributed by atoms with Crippen LogP contribution < -0.4 is 5.69 Å². The van der Waals surface area contributed by atoms with E-state index < -0.39 is 0 Å². The molecular formula is C9H8ClN3O. The molecule has 72 valence electrons. The van der Waals surface area contributed by atoms with E-state index in [1.165, 1.54) is 11.0 Å². The molecule has 14 heavy (non-hydrogen) atoms. The number of rotatable bonds is 1. The molecule has 0 saturated carbocycles. The van der Waals surface area contributed by atoms with Crippen LogP contribution in [0, 0.1) is 6.92 Å². The van der Waals surface area contributed by atoms with Gasteiger partial charge in [-0.15, -0.1) is 0 Å². The summed E-state index contributed by atoms with van der Waals surface area (Å²) in [7, 11) is 0. The molecule has 0 saturated heterocycles. The summed E-state index contributed by atoms with van der Waals surface area (Å²) in [6.07, 6.45) is 1.35. The van der Waals surface area contributed by atoms with Crippen LogP contribution in [0.15, 0.2) is 29.3 Å². The lowest BCUT2D eigenvalue weighted by Gasteiger charge is -2.01. The summed E-state index contributed by atoms with van der Waals surface area (Å²) in [6.45, 7) is 1.88. The van der Waals surface area contributed by atoms with Crippen LogP contribution >= 0.6 is 11.6 Å². The van der Waals surface area contributed by atoms with Gasteiger partial charge in [0, 0.05) is 5.02 Å². The van der Waals surface area contributed by atoms with E-state index in [9.17, 15) is 4.79 Å². The van der Waals surface area contributed by atoms with Crippen LogP contribution in [0.5, 0.6) is 0 Å². The summed E-state index contributed by atoms with van der Waals surface area (Å²) in [6, 6.07) is 5.30. The van der Waals surface area contributed by atoms with Gasteiger partial charge >= 0.3 is 5.69 Å². The molecule has 2 rings (SSSR count). The average molecular weight is 210 g/mol. The Morgan fingerprint density at radius 2 is 2.29 bits per heavy atom. The lowest BCUT2D eigenvalue weighted by molar-refractivity contribution is 0.842. The molecule has 0 unspecified atom stereocenters. The molecule has 0 aliphatic carbocycles. The lowest BCUT2D eigenvalue weighted by atomic mass is 10.2. The van der Waals surface area contributed by atoms with Crippen molar-refractivity contribution in [2.24, 2.45) is 0 Å². The summed E-state index contributed by atoms with van der Waals surface area (Å²) in [5.74, 6) is 0. The highest BCUT2D eigenvalue weighted by atomic mass is 35.5. The van der Waals surface area contributed by atoms with E-state index in [1.54, 1.807) is 12.1 Å². The van der Waals surface area contributed by atoms with E-state index in [0.29, 0.717) is 10.7 Å². The monoisotopic (exact) mass is 209 g/mol. The quantitative estimate of drug-likeness (QED) is 0.774. The highest BCUT2D eigenvalue weighted by Gasteiger charge is 2.02. The predicted octanol–water partition coefficient (Wildman–Crippen LogP) is 1.52. The molecule has 0 aliphatic rings. The highest BCUT2D eigenvalue weighted by molar-refractivity contribution is 6.31. The third-order valence-electron chi connectivity index (χ3n) is 1.94. The molecule has 0 spiro atoms. The normalized spacial score (nSPS) is 10.4. The van der Waals surface area contributed by atoms with Crippen LogP contribution in [0.1, 0.15) is 5.56 Å². The van der Waals surface area contributed by atoms with Crippen molar-refractivity contribution in [3.8, 4) is 5.69 Å². The molecule has 1 aromatic carbocycles. The van der Waals surface area contributed by atoms with Crippen LogP contribution in [0.3, 0.4) is 0 Å². The minimum Gasteiger partial charge on any atom is -0.295 e. The molecule has 0 amide bonds. The molecule has 2 aromatic rings. The highest BCUT2D eigenvalue weighted by Crippen LogP contribution is 2.17. The van der Waals surface area contributed by atoms with Gasteiger partial charge in [-0.05, 0) is 30.7 Å². The number of aryl methyl sites for hydroxylation is 1. The zero-order chi connectivity index (χ0) is 10.1. The Morgan fingerprint density at radius 1 is 1.50 bits per heavy atom. The predicted molar refractivity (Wildman–Crippen MR) is 53.9 cm³/mol. The van der Waals surface area contributed by atoms with Gasteiger partial charge in [-0.2, -0.15) is 9.78 Å². The largest absolute Gasteiger partial charge is 0.347 e. The zero-order valence-electron chi connectivity index (χ0n) is 7.49. The maximum absolute atomic E-state index is 11.2. The topological polar surface area (TPSA) is 50.7 Å². The second-order valence-electron chi connectivity index (χ2n) is 2.94. The lowest BCUT2D eigenvalue weighted by Crippen LogP contribution is -2.15. The fraction of sp³-hybridized carbons (Fsp3) is 0.111. The van der Waals surface area contributed by atoms with Crippen molar-refractivity contribution < 1.29 is 0 Å². The Morgan fingerprint density at radius 3 is 2.86 bits per heavy atom. The number of hydrogen-bond donors (Lipinski definition) is 1. The van der Waals surface area contributed by atoms with Crippen LogP contribution in [-0.4, -0.2) is 14.8 Å². The third kappa shape index (κ3) is 1.44. The molecule has 0 aliphatic heterocycles. The number of benzene rings is 1. The molecule has 1 aromatic heterocycles. The summed E-state index contributed by atoms with van der Waals surface area (Å²) in [5, 5.41) is 4.54. The summed E-state index contributed by atoms with van der Waals surface area (Å²) >= 11 is 5.87. The Labute approximate surface area is 85.1 Å². The Kier molecular flexibility index (Phi) is 2.13. The Balaban J connectivity index is 2.59. The molecule has 0 bridgehead atoms. The van der Waals surface area contributed by atoms with Crippen molar-refractivity contribution in [2.75, 3.05) is 0 Å². The van der Waals surface area contributed by atoms with Gasteiger partial charge in [0.25, 0.3) is 0 Å². The van der Waals surface area contributed by atoms with Gasteiger partial charge in [0.05, 0.1) is 5.69 Å². The van der Waals surface area contributed by atoms with Crippen LogP contribution in [0.4, 0.5) is 0 Å². The van der Waals surface area contributed by atoms with E-state index in [4.69, 9.17) is 11.6 Å². The molecule has 0 radical (unpaired) electrons. The molecular weight excluding hydrogens is 202 g/mol. The van der Waals surface area contributed by atoms with Crippen molar-refractivity contribution in [2.45, 2.75) is 6.92 Å². The van der Waals surface area contributed by atoms with Crippen molar-refractivity contribution in [3.63, 3.8) is 0 Å². The maximum Gasteiger partial charge on any atom is 0.347 e. The van der Waals surface area contributed by atoms with E-state index in [1.807, 2.05) is 13.0 Å². The number of nitrogens with zero attached hydrogens (tertiary/aromatic N) is 2. The molecule has 0 atom stereocenters. The van der Waals surface area contributed by atoms with Gasteiger partial charge in [-0.1, -0.05) is 11.6 Å². The minimum atomic E-state index is -0.258. The number of halogens is 1. The Bertz CT molecular complexity index is 515. The summed E-state index contributed by atoms with van der Waals surface area (Å²) < 4.78 is 1.28. The standard InChI is InChI=1S/C9H8ClN3O/c1-6-4-7(2-3-8(6)10)13-9(14)11-5-12-13/h2-5H,1H3,(H,11,12,14). The van der Waals surface area contributed by atoms with E-state index in [0.717, 1.165) is 5.56 Å². The van der Waals surface area contributed by atoms with Gasteiger partial charge in [0.1, 0.15) is 6.33 Å². The fourth-order valence-electron chi connectivity index (χ4n) is 1.20. The van der Waals surface area contributed by atoms with Crippen LogP contribution in [0.25, 0.3) is 5.69 Å². The second-order valence-corrected chi connectivity index (χ2v) is 3.35. The summed E-state index contributed by atoms with van der Waals surface area (Å²) in [5.41, 5.74) is 1.36. The molecule has 0 fully saturated rings. The van der Waals surface area contributed by atoms with E-state index in [-0.39, 0.29) is 5.69 Å². The first-order chi connectivity index (χ1) is 6.68. The van der Waals surface area contributed by atoms with Gasteiger partial charge in [-0.25, -0.2) is 4.79 Å². The minimum absolute atomic E-state index is 0.258. The average Bonchev–Trinajstić information content (AvgIpc) is 2.57. The number of nitrogens with one attached hydrogen (secondary N) is 1. The first kappa shape index (κ1) is 9.02. The SMILES string of the molecule is Cc1cc(-n2nc[nH]c2=O)ccc1Cl. The summed E-state index contributed by atoms with van der Waals surface area (Å²) in [4.78, 5) is 13.7. The molecule has 1 N–H and O–H groups in total. The van der Waals surface area contributed by atoms with Crippen molar-refractivity contribution in [1.29, 1.82) is 0 Å². The zero-order valence-corrected chi connectivity index (χ0v) is 8.25. The van der Waals surface area contributed by atoms with Crippen LogP contribution in [0.2, 0.25) is 5.02 Å².